The van der Waals surface area contributed by atoms with Crippen molar-refractivity contribution in [1.29, 1.82) is 0 Å². The molecule has 0 aromatic heterocycles. The number of ether oxygens (including phenoxy) is 4. The molecular weight excluding hydrogens is 428 g/mol. The Kier molecular flexibility index (Phi) is 8.89. The predicted molar refractivity (Wildman–Crippen MR) is 125 cm³/mol. The smallest absolute Gasteiger partial charge is 0.306 e. The first-order valence-corrected chi connectivity index (χ1v) is 15.1. The van der Waals surface area contributed by atoms with Crippen LogP contribution in [0.3, 0.4) is 0 Å². The maximum absolute atomic E-state index is 12.3. The lowest BCUT2D eigenvalue weighted by Gasteiger charge is -2.52. The quantitative estimate of drug-likeness (QED) is 0.311. The van der Waals surface area contributed by atoms with Crippen molar-refractivity contribution < 1.29 is 33.6 Å². The summed E-state index contributed by atoms with van der Waals surface area (Å²) in [6, 6.07) is 0.916. The highest BCUT2D eigenvalue weighted by molar-refractivity contribution is 6.76. The Hall–Kier alpha value is -1.48. The Bertz CT molecular complexity index is 712. The molecule has 5 atom stereocenters. The van der Waals surface area contributed by atoms with Gasteiger partial charge in [-0.3, -0.25) is 9.59 Å². The maximum Gasteiger partial charge on any atom is 0.306 e. The van der Waals surface area contributed by atoms with Gasteiger partial charge in [0.2, 0.25) is 5.79 Å². The summed E-state index contributed by atoms with van der Waals surface area (Å²) in [5.41, 5.74) is -0.271. The lowest BCUT2D eigenvalue weighted by molar-refractivity contribution is -0.362. The number of hydrogen-bond acceptors (Lipinski definition) is 7. The van der Waals surface area contributed by atoms with Gasteiger partial charge in [-0.25, -0.2) is 0 Å². The molecule has 8 heteroatoms. The Labute approximate surface area is 193 Å². The van der Waals surface area contributed by atoms with Gasteiger partial charge in [0.1, 0.15) is 0 Å². The summed E-state index contributed by atoms with van der Waals surface area (Å²) in [6.07, 6.45) is 2.22. The Balaban J connectivity index is 2.09. The normalized spacial score (nSPS) is 32.9. The van der Waals surface area contributed by atoms with Crippen molar-refractivity contribution in [1.82, 2.24) is 0 Å². The van der Waals surface area contributed by atoms with E-state index >= 15 is 0 Å². The van der Waals surface area contributed by atoms with Crippen molar-refractivity contribution >= 4 is 20.0 Å². The van der Waals surface area contributed by atoms with E-state index in [0.717, 1.165) is 11.6 Å². The molecule has 5 unspecified atom stereocenters. The summed E-state index contributed by atoms with van der Waals surface area (Å²) in [7, 11) is -1.28. The molecule has 2 rings (SSSR count). The van der Waals surface area contributed by atoms with Crippen LogP contribution >= 0.6 is 0 Å². The van der Waals surface area contributed by atoms with E-state index in [0.29, 0.717) is 25.9 Å². The molecule has 0 bridgehead atoms. The van der Waals surface area contributed by atoms with Gasteiger partial charge in [0, 0.05) is 27.8 Å². The third kappa shape index (κ3) is 8.14. The molecule has 2 fully saturated rings. The summed E-state index contributed by atoms with van der Waals surface area (Å²) >= 11 is 0. The molecule has 0 aliphatic carbocycles. The first-order valence-electron chi connectivity index (χ1n) is 11.4. The van der Waals surface area contributed by atoms with Crippen LogP contribution in [0.4, 0.5) is 0 Å². The van der Waals surface area contributed by atoms with Crippen LogP contribution in [0.25, 0.3) is 0 Å². The molecule has 0 amide bonds. The minimum atomic E-state index is -1.28. The monoisotopic (exact) mass is 468 g/mol. The maximum atomic E-state index is 12.3. The summed E-state index contributed by atoms with van der Waals surface area (Å²) in [5, 5.41) is 10.9. The molecule has 32 heavy (non-hydrogen) atoms. The van der Waals surface area contributed by atoms with Gasteiger partial charge >= 0.3 is 11.9 Å². The molecule has 2 saturated heterocycles. The highest BCUT2D eigenvalue weighted by atomic mass is 28.3. The molecule has 1 spiro atoms. The average Bonchev–Trinajstić information content (AvgIpc) is 2.61. The van der Waals surface area contributed by atoms with Crippen molar-refractivity contribution in [2.45, 2.75) is 95.2 Å². The molecule has 0 saturated carbocycles. The van der Waals surface area contributed by atoms with Crippen molar-refractivity contribution in [3.05, 3.63) is 24.8 Å². The van der Waals surface area contributed by atoms with Gasteiger partial charge in [0.05, 0.1) is 31.3 Å². The Morgan fingerprint density at radius 1 is 1.28 bits per heavy atom. The number of aliphatic hydroxyl groups is 1. The molecular formula is C24H40O7Si. The first-order chi connectivity index (χ1) is 14.7. The third-order valence-electron chi connectivity index (χ3n) is 5.92. The number of carbonyl (C=O) groups is 2. The molecule has 2 heterocycles. The second-order valence-electron chi connectivity index (χ2n) is 10.7. The number of carbonyl (C=O) groups excluding carboxylic acids is 2. The minimum absolute atomic E-state index is 0.165. The largest absolute Gasteiger partial charge is 0.466 e. The van der Waals surface area contributed by atoms with Crippen LogP contribution in [0, 0.1) is 5.92 Å². The van der Waals surface area contributed by atoms with E-state index in [9.17, 15) is 14.7 Å². The zero-order valence-corrected chi connectivity index (χ0v) is 21.3. The molecule has 0 radical (unpaired) electrons. The van der Waals surface area contributed by atoms with Gasteiger partial charge in [-0.1, -0.05) is 44.4 Å². The summed E-state index contributed by atoms with van der Waals surface area (Å²) in [4.78, 5) is 24.2. The lowest BCUT2D eigenvalue weighted by atomic mass is 9.79. The van der Waals surface area contributed by atoms with Gasteiger partial charge in [-0.15, -0.1) is 0 Å². The second-order valence-corrected chi connectivity index (χ2v) is 16.4. The van der Waals surface area contributed by atoms with E-state index in [1.165, 1.54) is 6.92 Å². The number of rotatable bonds is 9. The molecule has 182 valence electrons. The highest BCUT2D eigenvalue weighted by Gasteiger charge is 2.56. The lowest BCUT2D eigenvalue weighted by Crippen LogP contribution is -2.62. The van der Waals surface area contributed by atoms with Crippen LogP contribution in [0.1, 0.15) is 46.0 Å². The molecule has 0 aromatic carbocycles. The SMILES string of the molecule is C=CC(=C)CC1CC(C)(O)CC2(OCC(CC(=O)OCC[Si](C)(C)C)CC2OC(C)=O)O1. The van der Waals surface area contributed by atoms with E-state index in [2.05, 4.69) is 32.8 Å². The molecule has 2 aliphatic rings. The fraction of sp³-hybridized carbons (Fsp3) is 0.750. The van der Waals surface area contributed by atoms with Gasteiger partial charge in [-0.2, -0.15) is 0 Å². The van der Waals surface area contributed by atoms with Crippen LogP contribution in [-0.4, -0.2) is 61.9 Å². The standard InChI is InChI=1S/C24H40O7Si/c1-8-17(2)11-20-14-23(4,27)16-24(31-20)21(30-18(3)25)12-19(15-29-24)13-22(26)28-9-10-32(5,6)7/h8,19-21,27H,1-2,9-16H2,3-7H3. The van der Waals surface area contributed by atoms with Gasteiger partial charge < -0.3 is 24.1 Å². The topological polar surface area (TPSA) is 91.3 Å². The zero-order valence-electron chi connectivity index (χ0n) is 20.3. The number of hydrogen-bond donors (Lipinski definition) is 1. The zero-order chi connectivity index (χ0) is 24.2. The Morgan fingerprint density at radius 3 is 2.56 bits per heavy atom. The fourth-order valence-electron chi connectivity index (χ4n) is 4.37. The molecule has 1 N–H and O–H groups in total. The highest BCUT2D eigenvalue weighted by Crippen LogP contribution is 2.45. The van der Waals surface area contributed by atoms with Crippen molar-refractivity contribution in [2.75, 3.05) is 13.2 Å². The summed E-state index contributed by atoms with van der Waals surface area (Å²) < 4.78 is 23.5. The number of allylic oxidation sites excluding steroid dienone is 1. The van der Waals surface area contributed by atoms with Crippen molar-refractivity contribution in [3.8, 4) is 0 Å². The van der Waals surface area contributed by atoms with Crippen LogP contribution < -0.4 is 0 Å². The Morgan fingerprint density at radius 2 is 1.97 bits per heavy atom. The van der Waals surface area contributed by atoms with Crippen molar-refractivity contribution in [2.24, 2.45) is 5.92 Å². The second kappa shape index (κ2) is 10.6. The van der Waals surface area contributed by atoms with E-state index in [4.69, 9.17) is 18.9 Å². The fourth-order valence-corrected chi connectivity index (χ4v) is 5.09. The first kappa shape index (κ1) is 26.8. The molecule has 7 nitrogen and oxygen atoms in total. The van der Waals surface area contributed by atoms with Crippen molar-refractivity contribution in [3.63, 3.8) is 0 Å². The average molecular weight is 469 g/mol. The third-order valence-corrected chi connectivity index (χ3v) is 7.62. The van der Waals surface area contributed by atoms with E-state index in [1.54, 1.807) is 13.0 Å². The van der Waals surface area contributed by atoms with E-state index in [-0.39, 0.29) is 37.4 Å². The van der Waals surface area contributed by atoms with Crippen LogP contribution in [0.2, 0.25) is 25.7 Å². The molecule has 0 aromatic rings. The molecule has 2 aliphatic heterocycles. The van der Waals surface area contributed by atoms with E-state index < -0.39 is 31.5 Å². The van der Waals surface area contributed by atoms with Crippen LogP contribution in [0.15, 0.2) is 24.8 Å². The summed E-state index contributed by atoms with van der Waals surface area (Å²) in [6.45, 7) is 18.1. The van der Waals surface area contributed by atoms with Gasteiger partial charge in [0.25, 0.3) is 0 Å². The predicted octanol–water partition coefficient (Wildman–Crippen LogP) is 3.98. The number of esters is 2. The summed E-state index contributed by atoms with van der Waals surface area (Å²) in [5.74, 6) is -2.16. The van der Waals surface area contributed by atoms with Gasteiger partial charge in [0.15, 0.2) is 6.10 Å². The van der Waals surface area contributed by atoms with Crippen LogP contribution in [-0.2, 0) is 28.5 Å². The van der Waals surface area contributed by atoms with E-state index in [1.807, 2.05) is 0 Å². The van der Waals surface area contributed by atoms with Crippen LogP contribution in [0.5, 0.6) is 0 Å². The van der Waals surface area contributed by atoms with Gasteiger partial charge in [-0.05, 0) is 31.7 Å². The minimum Gasteiger partial charge on any atom is -0.466 e.